The summed E-state index contributed by atoms with van der Waals surface area (Å²) < 4.78 is 5.06. The molecule has 0 saturated carbocycles. The molecular weight excluding hydrogens is 337 g/mol. The Morgan fingerprint density at radius 3 is 2.76 bits per heavy atom. The normalized spacial score (nSPS) is 10.2. The van der Waals surface area contributed by atoms with Gasteiger partial charge in [-0.1, -0.05) is 23.2 Å². The van der Waals surface area contributed by atoms with Crippen LogP contribution in [0.2, 0.25) is 10.2 Å². The van der Waals surface area contributed by atoms with Crippen LogP contribution in [0.25, 0.3) is 0 Å². The molecule has 2 aromatic heterocycles. The fraction of sp³-hybridized carbons (Fsp3) is 0.167. The van der Waals surface area contributed by atoms with Crippen molar-refractivity contribution in [2.75, 3.05) is 5.32 Å². The van der Waals surface area contributed by atoms with Crippen molar-refractivity contribution in [3.05, 3.63) is 39.1 Å². The lowest BCUT2D eigenvalue weighted by Crippen LogP contribution is -2.08. The summed E-state index contributed by atoms with van der Waals surface area (Å²) in [5.41, 5.74) is 0.537. The lowest BCUT2D eigenvalue weighted by Gasteiger charge is -2.03. The maximum Gasteiger partial charge on any atom is 0.357 e. The first-order valence-electron chi connectivity index (χ1n) is 5.66. The van der Waals surface area contributed by atoms with E-state index in [0.29, 0.717) is 15.8 Å². The minimum Gasteiger partial charge on any atom is -0.454 e. The Balaban J connectivity index is 1.97. The highest BCUT2D eigenvalue weighted by Crippen LogP contribution is 2.18. The zero-order chi connectivity index (χ0) is 15.4. The molecule has 0 saturated heterocycles. The molecule has 2 rings (SSSR count). The van der Waals surface area contributed by atoms with Gasteiger partial charge in [-0.05, 0) is 12.1 Å². The largest absolute Gasteiger partial charge is 0.454 e. The van der Waals surface area contributed by atoms with Gasteiger partial charge >= 0.3 is 5.97 Å². The SMILES string of the molecule is CC(=O)Nc1nc(COC(=O)c2cc(Cl)cc(Cl)n2)cs1. The maximum absolute atomic E-state index is 11.8. The van der Waals surface area contributed by atoms with Gasteiger partial charge in [0, 0.05) is 17.3 Å². The first-order chi connectivity index (χ1) is 9.94. The molecule has 1 amide bonds. The molecule has 0 aromatic carbocycles. The zero-order valence-electron chi connectivity index (χ0n) is 10.7. The van der Waals surface area contributed by atoms with Gasteiger partial charge in [-0.2, -0.15) is 0 Å². The van der Waals surface area contributed by atoms with Crippen LogP contribution in [0.15, 0.2) is 17.5 Å². The van der Waals surface area contributed by atoms with E-state index in [4.69, 9.17) is 27.9 Å². The Kier molecular flexibility index (Phi) is 5.11. The van der Waals surface area contributed by atoms with Crippen LogP contribution in [0.3, 0.4) is 0 Å². The number of hydrogen-bond acceptors (Lipinski definition) is 6. The van der Waals surface area contributed by atoms with Crippen LogP contribution < -0.4 is 5.32 Å². The van der Waals surface area contributed by atoms with Crippen LogP contribution in [-0.2, 0) is 16.1 Å². The van der Waals surface area contributed by atoms with E-state index in [9.17, 15) is 9.59 Å². The van der Waals surface area contributed by atoms with E-state index in [2.05, 4.69) is 15.3 Å². The predicted octanol–water partition coefficient (Wildman–Crippen LogP) is 3.16. The lowest BCUT2D eigenvalue weighted by molar-refractivity contribution is -0.114. The third kappa shape index (κ3) is 4.66. The molecule has 0 bridgehead atoms. The number of anilines is 1. The van der Waals surface area contributed by atoms with Gasteiger partial charge in [0.1, 0.15) is 11.8 Å². The molecule has 2 heterocycles. The highest BCUT2D eigenvalue weighted by molar-refractivity contribution is 7.13. The third-order valence-electron chi connectivity index (χ3n) is 2.15. The van der Waals surface area contributed by atoms with Crippen molar-refractivity contribution in [2.45, 2.75) is 13.5 Å². The van der Waals surface area contributed by atoms with Crippen LogP contribution in [0, 0.1) is 0 Å². The van der Waals surface area contributed by atoms with Gasteiger partial charge in [0.05, 0.1) is 5.69 Å². The van der Waals surface area contributed by atoms with Gasteiger partial charge < -0.3 is 10.1 Å². The highest BCUT2D eigenvalue weighted by Gasteiger charge is 2.12. The number of carbonyl (C=O) groups is 2. The van der Waals surface area contributed by atoms with E-state index < -0.39 is 5.97 Å². The third-order valence-corrected chi connectivity index (χ3v) is 3.37. The average molecular weight is 346 g/mol. The lowest BCUT2D eigenvalue weighted by atomic mass is 10.3. The number of pyridine rings is 1. The highest BCUT2D eigenvalue weighted by atomic mass is 35.5. The van der Waals surface area contributed by atoms with Gasteiger partial charge in [0.25, 0.3) is 0 Å². The molecule has 21 heavy (non-hydrogen) atoms. The number of rotatable bonds is 4. The van der Waals surface area contributed by atoms with Crippen molar-refractivity contribution in [1.29, 1.82) is 0 Å². The summed E-state index contributed by atoms with van der Waals surface area (Å²) in [6.45, 7) is 1.34. The minimum absolute atomic E-state index is 0.0183. The van der Waals surface area contributed by atoms with Crippen LogP contribution in [-0.4, -0.2) is 21.8 Å². The summed E-state index contributed by atoms with van der Waals surface area (Å²) in [4.78, 5) is 30.6. The summed E-state index contributed by atoms with van der Waals surface area (Å²) in [6.07, 6.45) is 0. The molecule has 1 N–H and O–H groups in total. The molecule has 0 unspecified atom stereocenters. The monoisotopic (exact) mass is 345 g/mol. The topological polar surface area (TPSA) is 81.2 Å². The van der Waals surface area contributed by atoms with Crippen molar-refractivity contribution in [1.82, 2.24) is 9.97 Å². The minimum atomic E-state index is -0.659. The molecule has 110 valence electrons. The Bertz CT molecular complexity index is 670. The molecule has 0 aliphatic carbocycles. The predicted molar refractivity (Wildman–Crippen MR) is 79.8 cm³/mol. The number of nitrogens with one attached hydrogen (secondary N) is 1. The summed E-state index contributed by atoms with van der Waals surface area (Å²) in [5.74, 6) is -0.876. The van der Waals surface area contributed by atoms with E-state index in [0.717, 1.165) is 0 Å². The van der Waals surface area contributed by atoms with Gasteiger partial charge in [-0.25, -0.2) is 14.8 Å². The summed E-state index contributed by atoms with van der Waals surface area (Å²) in [6, 6.07) is 2.78. The summed E-state index contributed by atoms with van der Waals surface area (Å²) in [5, 5.41) is 5.06. The maximum atomic E-state index is 11.8. The van der Waals surface area contributed by atoms with Gasteiger partial charge in [0.15, 0.2) is 10.8 Å². The van der Waals surface area contributed by atoms with E-state index in [1.54, 1.807) is 5.38 Å². The molecule has 0 spiro atoms. The van der Waals surface area contributed by atoms with Crippen molar-refractivity contribution in [3.63, 3.8) is 0 Å². The standard InChI is InChI=1S/C12H9Cl2N3O3S/c1-6(18)15-12-16-8(5-21-12)4-20-11(19)9-2-7(13)3-10(14)17-9/h2-3,5H,4H2,1H3,(H,15,16,18). The van der Waals surface area contributed by atoms with Crippen LogP contribution in [0.4, 0.5) is 5.13 Å². The fourth-order valence-corrected chi connectivity index (χ4v) is 2.58. The molecule has 0 aliphatic rings. The Morgan fingerprint density at radius 2 is 2.10 bits per heavy atom. The number of nitrogens with zero attached hydrogens (tertiary/aromatic N) is 2. The molecule has 0 radical (unpaired) electrons. The summed E-state index contributed by atoms with van der Waals surface area (Å²) in [7, 11) is 0. The number of ether oxygens (including phenoxy) is 1. The first-order valence-corrected chi connectivity index (χ1v) is 7.30. The number of aromatic nitrogens is 2. The van der Waals surface area contributed by atoms with Gasteiger partial charge in [-0.3, -0.25) is 4.79 Å². The Hall–Kier alpha value is -1.70. The second-order valence-corrected chi connectivity index (χ2v) is 5.58. The quantitative estimate of drug-likeness (QED) is 0.679. The molecule has 0 atom stereocenters. The van der Waals surface area contributed by atoms with Crippen LogP contribution in [0.1, 0.15) is 23.1 Å². The second-order valence-electron chi connectivity index (χ2n) is 3.89. The van der Waals surface area contributed by atoms with Crippen molar-refractivity contribution in [2.24, 2.45) is 0 Å². The van der Waals surface area contributed by atoms with Gasteiger partial charge in [0.2, 0.25) is 5.91 Å². The molecule has 2 aromatic rings. The van der Waals surface area contributed by atoms with Crippen LogP contribution >= 0.6 is 34.5 Å². The molecule has 0 aliphatic heterocycles. The Labute approximate surface area is 134 Å². The van der Waals surface area contributed by atoms with E-state index in [-0.39, 0.29) is 23.4 Å². The molecule has 6 nitrogen and oxygen atoms in total. The fourth-order valence-electron chi connectivity index (χ4n) is 1.36. The number of esters is 1. The first kappa shape index (κ1) is 15.7. The number of halogens is 2. The number of carbonyl (C=O) groups excluding carboxylic acids is 2. The molecular formula is C12H9Cl2N3O3S. The van der Waals surface area contributed by atoms with E-state index in [1.807, 2.05) is 0 Å². The average Bonchev–Trinajstić information content (AvgIpc) is 2.81. The summed E-state index contributed by atoms with van der Waals surface area (Å²) >= 11 is 12.7. The van der Waals surface area contributed by atoms with Crippen LogP contribution in [0.5, 0.6) is 0 Å². The van der Waals surface area contributed by atoms with Gasteiger partial charge in [-0.15, -0.1) is 11.3 Å². The number of amides is 1. The number of hydrogen-bond donors (Lipinski definition) is 1. The van der Waals surface area contributed by atoms with Crippen molar-refractivity contribution < 1.29 is 14.3 Å². The smallest absolute Gasteiger partial charge is 0.357 e. The van der Waals surface area contributed by atoms with Crippen molar-refractivity contribution in [3.8, 4) is 0 Å². The Morgan fingerprint density at radius 1 is 1.33 bits per heavy atom. The molecule has 9 heteroatoms. The van der Waals surface area contributed by atoms with E-state index >= 15 is 0 Å². The van der Waals surface area contributed by atoms with E-state index in [1.165, 1.54) is 30.4 Å². The van der Waals surface area contributed by atoms with Crippen molar-refractivity contribution >= 4 is 51.5 Å². The number of thiazole rings is 1. The zero-order valence-corrected chi connectivity index (χ0v) is 13.1. The second kappa shape index (κ2) is 6.84. The molecule has 0 fully saturated rings.